The van der Waals surface area contributed by atoms with Crippen LogP contribution in [0.5, 0.6) is 0 Å². The van der Waals surface area contributed by atoms with Gasteiger partial charge < -0.3 is 19.4 Å². The molecule has 0 aromatic carbocycles. The zero-order valence-corrected chi connectivity index (χ0v) is 22.4. The summed E-state index contributed by atoms with van der Waals surface area (Å²) in [5, 5.41) is 9.16. The van der Waals surface area contributed by atoms with Crippen molar-refractivity contribution in [2.45, 2.75) is 109 Å². The number of allylic oxidation sites excluding steroid dienone is 3. The zero-order chi connectivity index (χ0) is 24.5. The molecular weight excluding hydrogens is 421 g/mol. The van der Waals surface area contributed by atoms with E-state index in [2.05, 4.69) is 12.7 Å². The fraction of sp³-hybridized carbons (Fsp3) is 0.846. The van der Waals surface area contributed by atoms with Gasteiger partial charge >= 0.3 is 7.60 Å². The van der Waals surface area contributed by atoms with Crippen LogP contribution in [0, 0.1) is 5.92 Å². The molecule has 0 fully saturated rings. The molecule has 5 nitrogen and oxygen atoms in total. The third-order valence-electron chi connectivity index (χ3n) is 6.20. The molecule has 0 heterocycles. The molecule has 0 aromatic heterocycles. The number of aliphatic hydroxyl groups is 1. The molecule has 6 heteroatoms. The second-order valence-electron chi connectivity index (χ2n) is 10.5. The molecule has 32 heavy (non-hydrogen) atoms. The minimum absolute atomic E-state index is 0.0630. The van der Waals surface area contributed by atoms with Gasteiger partial charge in [-0.3, -0.25) is 4.57 Å². The SMILES string of the molecule is C=C/C=C/CCCCCCCCCCCCCC(CCC)C(O)(C[N+](C)(C)C)P(=O)(O)O. The van der Waals surface area contributed by atoms with Gasteiger partial charge in [0.25, 0.3) is 0 Å². The zero-order valence-electron chi connectivity index (χ0n) is 21.5. The molecule has 0 bridgehead atoms. The van der Waals surface area contributed by atoms with Crippen LogP contribution in [0.1, 0.15) is 103 Å². The molecule has 0 aliphatic rings. The van der Waals surface area contributed by atoms with E-state index in [0.29, 0.717) is 17.3 Å². The molecule has 0 saturated heterocycles. The molecule has 190 valence electrons. The van der Waals surface area contributed by atoms with E-state index in [1.54, 1.807) is 0 Å². The number of rotatable bonds is 21. The van der Waals surface area contributed by atoms with Crippen molar-refractivity contribution in [2.75, 3.05) is 27.7 Å². The molecule has 3 N–H and O–H groups in total. The van der Waals surface area contributed by atoms with Crippen LogP contribution in [0.3, 0.4) is 0 Å². The molecule has 2 atom stereocenters. The van der Waals surface area contributed by atoms with Gasteiger partial charge in [0.1, 0.15) is 6.54 Å². The van der Waals surface area contributed by atoms with Crippen molar-refractivity contribution < 1.29 is 23.9 Å². The lowest BCUT2D eigenvalue weighted by atomic mass is 9.89. The lowest BCUT2D eigenvalue weighted by Gasteiger charge is -2.40. The summed E-state index contributed by atoms with van der Waals surface area (Å²) in [4.78, 5) is 19.9. The minimum Gasteiger partial charge on any atom is -0.373 e. The normalized spacial score (nSPS) is 15.7. The maximum atomic E-state index is 12.2. The first-order chi connectivity index (χ1) is 15.0. The summed E-state index contributed by atoms with van der Waals surface area (Å²) in [6, 6.07) is 0. The monoisotopic (exact) mass is 474 g/mol. The van der Waals surface area contributed by atoms with Gasteiger partial charge in [0.2, 0.25) is 5.34 Å². The molecular formula is C26H53NO4P+. The van der Waals surface area contributed by atoms with E-state index in [1.807, 2.05) is 40.2 Å². The van der Waals surface area contributed by atoms with Crippen LogP contribution in [0.25, 0.3) is 0 Å². The summed E-state index contributed by atoms with van der Waals surface area (Å²) in [6.45, 7) is 5.75. The summed E-state index contributed by atoms with van der Waals surface area (Å²) in [5.74, 6) is -0.363. The Balaban J connectivity index is 4.10. The van der Waals surface area contributed by atoms with Crippen molar-refractivity contribution in [3.05, 3.63) is 24.8 Å². The molecule has 0 aromatic rings. The van der Waals surface area contributed by atoms with Gasteiger partial charge in [0, 0.05) is 5.92 Å². The quantitative estimate of drug-likeness (QED) is 0.0741. The van der Waals surface area contributed by atoms with Gasteiger partial charge in [0.05, 0.1) is 21.1 Å². The minimum atomic E-state index is -4.63. The van der Waals surface area contributed by atoms with Crippen LogP contribution in [-0.2, 0) is 4.57 Å². The van der Waals surface area contributed by atoms with Crippen molar-refractivity contribution in [3.63, 3.8) is 0 Å². The Kier molecular flexibility index (Phi) is 16.8. The first kappa shape index (κ1) is 31.6. The largest absolute Gasteiger partial charge is 0.373 e. The molecule has 0 aliphatic heterocycles. The smallest absolute Gasteiger partial charge is 0.363 e. The van der Waals surface area contributed by atoms with Crippen LogP contribution in [0.4, 0.5) is 0 Å². The number of hydrogen-bond acceptors (Lipinski definition) is 2. The number of hydrogen-bond donors (Lipinski definition) is 3. The van der Waals surface area contributed by atoms with E-state index in [9.17, 15) is 19.5 Å². The highest BCUT2D eigenvalue weighted by molar-refractivity contribution is 7.53. The van der Waals surface area contributed by atoms with Gasteiger partial charge in [-0.15, -0.1) is 0 Å². The topological polar surface area (TPSA) is 77.8 Å². The first-order valence-corrected chi connectivity index (χ1v) is 14.4. The van der Waals surface area contributed by atoms with Crippen LogP contribution in [-0.4, -0.2) is 52.4 Å². The highest BCUT2D eigenvalue weighted by Crippen LogP contribution is 2.55. The standard InChI is InChI=1S/C26H52NO4P/c1-6-8-9-10-11-12-13-14-15-16-17-18-19-20-21-23-25(22-7-2)26(28,32(29,30)31)24-27(3,4)5/h6,8-9,25,28H,1,7,10-24H2,2-5H3,(H-,29,30,31)/p+1/b9-8+. The summed E-state index contributed by atoms with van der Waals surface area (Å²) >= 11 is 0. The van der Waals surface area contributed by atoms with Gasteiger partial charge in [0.15, 0.2) is 0 Å². The third-order valence-corrected chi connectivity index (χ3v) is 7.71. The highest BCUT2D eigenvalue weighted by Gasteiger charge is 2.54. The first-order valence-electron chi connectivity index (χ1n) is 12.8. The van der Waals surface area contributed by atoms with Gasteiger partial charge in [-0.2, -0.15) is 0 Å². The highest BCUT2D eigenvalue weighted by atomic mass is 31.2. The van der Waals surface area contributed by atoms with Crippen molar-refractivity contribution in [2.24, 2.45) is 5.92 Å². The molecule has 2 unspecified atom stereocenters. The third kappa shape index (κ3) is 14.6. The van der Waals surface area contributed by atoms with Crippen molar-refractivity contribution in [3.8, 4) is 0 Å². The summed E-state index contributed by atoms with van der Waals surface area (Å²) in [6.07, 6.45) is 22.9. The molecule has 0 amide bonds. The van der Waals surface area contributed by atoms with Crippen LogP contribution in [0.15, 0.2) is 24.8 Å². The Labute approximate surface area is 198 Å². The number of unbranched alkanes of at least 4 members (excludes halogenated alkanes) is 11. The van der Waals surface area contributed by atoms with Crippen molar-refractivity contribution in [1.82, 2.24) is 0 Å². The van der Waals surface area contributed by atoms with Gasteiger partial charge in [-0.25, -0.2) is 0 Å². The average molecular weight is 475 g/mol. The maximum absolute atomic E-state index is 12.2. The van der Waals surface area contributed by atoms with Gasteiger partial charge in [-0.1, -0.05) is 102 Å². The Bertz CT molecular complexity index is 553. The number of nitrogens with zero attached hydrogens (tertiary/aromatic N) is 1. The molecule has 0 saturated carbocycles. The predicted octanol–water partition coefficient (Wildman–Crippen LogP) is 6.79. The van der Waals surface area contributed by atoms with Crippen LogP contribution in [0.2, 0.25) is 0 Å². The number of quaternary nitrogens is 1. The fourth-order valence-corrected chi connectivity index (χ4v) is 5.89. The second-order valence-corrected chi connectivity index (χ2v) is 12.3. The lowest BCUT2D eigenvalue weighted by molar-refractivity contribution is -0.875. The number of likely N-dealkylation sites (N-methyl/N-ethyl adjacent to an activating group) is 1. The van der Waals surface area contributed by atoms with E-state index < -0.39 is 12.9 Å². The molecule has 0 aliphatic carbocycles. The van der Waals surface area contributed by atoms with E-state index >= 15 is 0 Å². The lowest BCUT2D eigenvalue weighted by Crippen LogP contribution is -2.53. The summed E-state index contributed by atoms with van der Waals surface area (Å²) in [5.41, 5.74) is 0. The average Bonchev–Trinajstić information content (AvgIpc) is 2.67. The van der Waals surface area contributed by atoms with E-state index in [-0.39, 0.29) is 12.5 Å². The summed E-state index contributed by atoms with van der Waals surface area (Å²) < 4.78 is 12.6. The predicted molar refractivity (Wildman–Crippen MR) is 138 cm³/mol. The molecule has 0 radical (unpaired) electrons. The molecule has 0 rings (SSSR count). The summed E-state index contributed by atoms with van der Waals surface area (Å²) in [7, 11) is 0.972. The van der Waals surface area contributed by atoms with Crippen LogP contribution >= 0.6 is 7.60 Å². The van der Waals surface area contributed by atoms with Gasteiger partial charge in [-0.05, 0) is 25.7 Å². The van der Waals surface area contributed by atoms with Crippen LogP contribution < -0.4 is 0 Å². The Morgan fingerprint density at radius 1 is 0.875 bits per heavy atom. The Morgan fingerprint density at radius 3 is 1.75 bits per heavy atom. The maximum Gasteiger partial charge on any atom is 0.363 e. The van der Waals surface area contributed by atoms with E-state index in [0.717, 1.165) is 32.1 Å². The van der Waals surface area contributed by atoms with Crippen molar-refractivity contribution >= 4 is 7.60 Å². The van der Waals surface area contributed by atoms with Crippen molar-refractivity contribution in [1.29, 1.82) is 0 Å². The second kappa shape index (κ2) is 17.1. The fourth-order valence-electron chi connectivity index (χ4n) is 4.55. The Hall–Kier alpha value is -0.450. The Morgan fingerprint density at radius 2 is 1.34 bits per heavy atom. The van der Waals surface area contributed by atoms with E-state index in [4.69, 9.17) is 0 Å². The molecule has 0 spiro atoms. The van der Waals surface area contributed by atoms with E-state index in [1.165, 1.54) is 51.4 Å².